The third-order valence-corrected chi connectivity index (χ3v) is 8.13. The molecule has 9 heteroatoms. The quantitative estimate of drug-likeness (QED) is 0.625. The summed E-state index contributed by atoms with van der Waals surface area (Å²) in [5.74, 6) is -0.0602. The summed E-state index contributed by atoms with van der Waals surface area (Å²) in [7, 11) is -0.341. The lowest BCUT2D eigenvalue weighted by Crippen LogP contribution is -2.44. The van der Waals surface area contributed by atoms with E-state index in [4.69, 9.17) is 5.26 Å². The highest BCUT2D eigenvalue weighted by atomic mass is 32.2. The summed E-state index contributed by atoms with van der Waals surface area (Å²) in [5, 5.41) is 9.69. The summed E-state index contributed by atoms with van der Waals surface area (Å²) in [6, 6.07) is 5.30. The van der Waals surface area contributed by atoms with Crippen LogP contribution in [0.5, 0.6) is 0 Å². The lowest BCUT2D eigenvalue weighted by atomic mass is 9.96. The zero-order valence-electron chi connectivity index (χ0n) is 16.9. The third kappa shape index (κ3) is 5.25. The van der Waals surface area contributed by atoms with Crippen molar-refractivity contribution in [3.8, 4) is 6.07 Å². The molecule has 1 aliphatic rings. The summed E-state index contributed by atoms with van der Waals surface area (Å²) in [6.07, 6.45) is 6.42. The molecule has 154 valence electrons. The Balaban J connectivity index is 2.01. The predicted octanol–water partition coefficient (Wildman–Crippen LogP) is 2.89. The van der Waals surface area contributed by atoms with E-state index in [1.165, 1.54) is 33.2 Å². The molecule has 0 aromatic carbocycles. The third-order valence-electron chi connectivity index (χ3n) is 5.30. The molecule has 1 aliphatic carbocycles. The summed E-state index contributed by atoms with van der Waals surface area (Å²) in [6.45, 7) is 3.35. The maximum atomic E-state index is 12.8. The van der Waals surface area contributed by atoms with Gasteiger partial charge in [0.05, 0.1) is 16.8 Å². The maximum Gasteiger partial charge on any atom is 0.244 e. The van der Waals surface area contributed by atoms with Gasteiger partial charge in [-0.25, -0.2) is 13.4 Å². The van der Waals surface area contributed by atoms with Crippen molar-refractivity contribution < 1.29 is 13.2 Å². The van der Waals surface area contributed by atoms with Gasteiger partial charge < -0.3 is 4.90 Å². The number of sulfonamides is 1. The zero-order chi connectivity index (χ0) is 20.9. The molecule has 1 amide bonds. The molecule has 1 heterocycles. The molecule has 0 saturated heterocycles. The molecule has 0 aliphatic heterocycles. The van der Waals surface area contributed by atoms with Crippen molar-refractivity contribution in [2.24, 2.45) is 0 Å². The largest absolute Gasteiger partial charge is 0.327 e. The summed E-state index contributed by atoms with van der Waals surface area (Å²) in [4.78, 5) is 18.0. The molecule has 7 nitrogen and oxygen atoms in total. The van der Waals surface area contributed by atoms with Crippen LogP contribution in [0.4, 0.5) is 0 Å². The van der Waals surface area contributed by atoms with E-state index >= 15 is 0 Å². The van der Waals surface area contributed by atoms with Crippen LogP contribution in [0.2, 0.25) is 0 Å². The van der Waals surface area contributed by atoms with Gasteiger partial charge in [0.1, 0.15) is 10.4 Å². The lowest BCUT2D eigenvalue weighted by molar-refractivity contribution is -0.130. The second-order valence-electron chi connectivity index (χ2n) is 7.56. The highest BCUT2D eigenvalue weighted by molar-refractivity contribution is 7.99. The Morgan fingerprint density at radius 3 is 2.46 bits per heavy atom. The Bertz CT molecular complexity index is 826. The first-order valence-corrected chi connectivity index (χ1v) is 11.8. The van der Waals surface area contributed by atoms with E-state index < -0.39 is 15.6 Å². The van der Waals surface area contributed by atoms with Crippen LogP contribution >= 0.6 is 11.8 Å². The van der Waals surface area contributed by atoms with E-state index in [0.29, 0.717) is 5.03 Å². The molecule has 1 aromatic heterocycles. The van der Waals surface area contributed by atoms with Crippen molar-refractivity contribution in [1.29, 1.82) is 5.26 Å². The first-order valence-electron chi connectivity index (χ1n) is 9.34. The van der Waals surface area contributed by atoms with Crippen molar-refractivity contribution in [2.75, 3.05) is 19.8 Å². The molecular weight excluding hydrogens is 396 g/mol. The number of aromatic nitrogens is 1. The van der Waals surface area contributed by atoms with Crippen molar-refractivity contribution in [1.82, 2.24) is 14.2 Å². The Hall–Kier alpha value is -1.63. The normalized spacial score (nSPS) is 16.0. The molecule has 1 saturated carbocycles. The summed E-state index contributed by atoms with van der Waals surface area (Å²) < 4.78 is 27.1. The number of amides is 1. The van der Waals surface area contributed by atoms with Gasteiger partial charge in [-0.05, 0) is 38.8 Å². The van der Waals surface area contributed by atoms with Gasteiger partial charge in [0.2, 0.25) is 15.9 Å². The van der Waals surface area contributed by atoms with E-state index in [-0.39, 0.29) is 22.6 Å². The van der Waals surface area contributed by atoms with Crippen LogP contribution in [0.25, 0.3) is 0 Å². The Labute approximate surface area is 172 Å². The fourth-order valence-corrected chi connectivity index (χ4v) is 5.15. The van der Waals surface area contributed by atoms with Crippen LogP contribution in [0.1, 0.15) is 46.0 Å². The van der Waals surface area contributed by atoms with Crippen molar-refractivity contribution in [3.05, 3.63) is 18.3 Å². The Morgan fingerprint density at radius 1 is 1.29 bits per heavy atom. The number of thioether (sulfide) groups is 1. The van der Waals surface area contributed by atoms with Gasteiger partial charge in [-0.15, -0.1) is 0 Å². The first-order chi connectivity index (χ1) is 13.1. The summed E-state index contributed by atoms with van der Waals surface area (Å²) >= 11 is 1.22. The number of pyridine rings is 1. The predicted molar refractivity (Wildman–Crippen MR) is 109 cm³/mol. The van der Waals surface area contributed by atoms with Gasteiger partial charge >= 0.3 is 0 Å². The summed E-state index contributed by atoms with van der Waals surface area (Å²) in [5.41, 5.74) is -0.882. The molecule has 1 fully saturated rings. The van der Waals surface area contributed by atoms with Crippen molar-refractivity contribution in [3.63, 3.8) is 0 Å². The first kappa shape index (κ1) is 22.7. The molecule has 0 radical (unpaired) electrons. The number of hydrogen-bond donors (Lipinski definition) is 0. The smallest absolute Gasteiger partial charge is 0.244 e. The van der Waals surface area contributed by atoms with Gasteiger partial charge in [0.25, 0.3) is 0 Å². The number of carbonyl (C=O) groups is 1. The average Bonchev–Trinajstić information content (AvgIpc) is 2.71. The zero-order valence-corrected chi connectivity index (χ0v) is 18.5. The number of nitrogens with zero attached hydrogens (tertiary/aromatic N) is 4. The van der Waals surface area contributed by atoms with Gasteiger partial charge in [0.15, 0.2) is 0 Å². The second kappa shape index (κ2) is 9.25. The van der Waals surface area contributed by atoms with Crippen LogP contribution in [-0.4, -0.2) is 59.9 Å². The van der Waals surface area contributed by atoms with E-state index in [0.717, 1.165) is 32.1 Å². The minimum Gasteiger partial charge on any atom is -0.327 e. The van der Waals surface area contributed by atoms with Crippen LogP contribution in [0.15, 0.2) is 28.3 Å². The standard InChI is InChI=1S/C19H28N4O3S2/c1-19(2,14-20)22(3)18(24)13-27-17-11-10-16(12-21-17)28(25,26)23(4)15-8-6-5-7-9-15/h10-12,15H,5-9,13H2,1-4H3. The Morgan fingerprint density at radius 2 is 1.93 bits per heavy atom. The van der Waals surface area contributed by atoms with Gasteiger partial charge in [-0.2, -0.15) is 9.57 Å². The molecule has 28 heavy (non-hydrogen) atoms. The molecule has 0 bridgehead atoms. The van der Waals surface area contributed by atoms with Gasteiger partial charge in [0, 0.05) is 26.3 Å². The minimum absolute atomic E-state index is 0.0458. The van der Waals surface area contributed by atoms with Gasteiger partial charge in [-0.3, -0.25) is 4.79 Å². The van der Waals surface area contributed by atoms with E-state index in [2.05, 4.69) is 11.1 Å². The number of hydrogen-bond acceptors (Lipinski definition) is 6. The Kier molecular flexibility index (Phi) is 7.48. The molecular formula is C19H28N4O3S2. The fourth-order valence-electron chi connectivity index (χ4n) is 3.03. The molecule has 0 unspecified atom stereocenters. The van der Waals surface area contributed by atoms with Gasteiger partial charge in [-0.1, -0.05) is 31.0 Å². The van der Waals surface area contributed by atoms with E-state index in [1.807, 2.05) is 0 Å². The molecule has 0 N–H and O–H groups in total. The fraction of sp³-hybridized carbons (Fsp3) is 0.632. The lowest BCUT2D eigenvalue weighted by Gasteiger charge is -2.30. The molecule has 0 spiro atoms. The molecule has 2 rings (SSSR count). The maximum absolute atomic E-state index is 12.8. The van der Waals surface area contributed by atoms with Crippen molar-refractivity contribution >= 4 is 27.7 Å². The highest BCUT2D eigenvalue weighted by Gasteiger charge is 2.30. The second-order valence-corrected chi connectivity index (χ2v) is 10.6. The average molecular weight is 425 g/mol. The topological polar surface area (TPSA) is 94.4 Å². The van der Waals surface area contributed by atoms with Crippen LogP contribution in [0.3, 0.4) is 0 Å². The highest BCUT2D eigenvalue weighted by Crippen LogP contribution is 2.27. The van der Waals surface area contributed by atoms with Crippen LogP contribution in [0, 0.1) is 11.3 Å². The number of nitriles is 1. The number of rotatable bonds is 7. The van der Waals surface area contributed by atoms with E-state index in [9.17, 15) is 13.2 Å². The monoisotopic (exact) mass is 424 g/mol. The molecule has 1 aromatic rings. The molecule has 0 atom stereocenters. The van der Waals surface area contributed by atoms with Crippen molar-refractivity contribution in [2.45, 2.75) is 67.5 Å². The number of carbonyl (C=O) groups excluding carboxylic acids is 1. The minimum atomic E-state index is -3.57. The van der Waals surface area contributed by atoms with Crippen LogP contribution in [-0.2, 0) is 14.8 Å². The van der Waals surface area contributed by atoms with Crippen LogP contribution < -0.4 is 0 Å². The SMILES string of the molecule is CN(C(=O)CSc1ccc(S(=O)(=O)N(C)C2CCCCC2)cn1)C(C)(C)C#N. The van der Waals surface area contributed by atoms with E-state index in [1.54, 1.807) is 34.0 Å².